The number of rotatable bonds is 6. The zero-order valence-electron chi connectivity index (χ0n) is 13.7. The molecule has 0 aliphatic rings. The maximum absolute atomic E-state index is 12.3. The minimum atomic E-state index is -1.16. The van der Waals surface area contributed by atoms with E-state index in [-0.39, 0.29) is 11.6 Å². The minimum absolute atomic E-state index is 0.133. The fourth-order valence-corrected chi connectivity index (χ4v) is 2.43. The van der Waals surface area contributed by atoms with Crippen molar-refractivity contribution in [3.63, 3.8) is 0 Å². The summed E-state index contributed by atoms with van der Waals surface area (Å²) in [6, 6.07) is 7.97. The van der Waals surface area contributed by atoms with Crippen LogP contribution in [0.5, 0.6) is 0 Å². The number of halogens is 1. The first-order valence-corrected chi connectivity index (χ1v) is 8.04. The van der Waals surface area contributed by atoms with Crippen molar-refractivity contribution in [3.05, 3.63) is 59.1 Å². The number of hydrogen-bond donors (Lipinski definition) is 2. The molecule has 1 amide bonds. The van der Waals surface area contributed by atoms with Crippen molar-refractivity contribution >= 4 is 29.4 Å². The summed E-state index contributed by atoms with van der Waals surface area (Å²) in [4.78, 5) is 27.2. The van der Waals surface area contributed by atoms with Crippen LogP contribution in [-0.4, -0.2) is 41.5 Å². The summed E-state index contributed by atoms with van der Waals surface area (Å²) >= 11 is 6.12. The van der Waals surface area contributed by atoms with Gasteiger partial charge in [0.25, 0.3) is 5.91 Å². The Morgan fingerprint density at radius 1 is 1.27 bits per heavy atom. The number of carbonyl (C=O) groups excluding carboxylic acids is 1. The summed E-state index contributed by atoms with van der Waals surface area (Å²) in [7, 11) is 0. The third-order valence-corrected chi connectivity index (χ3v) is 4.03. The number of carbonyl (C=O) groups is 2. The Balaban J connectivity index is 1.65. The van der Waals surface area contributed by atoms with Crippen molar-refractivity contribution < 1.29 is 14.7 Å². The van der Waals surface area contributed by atoms with Crippen molar-refractivity contribution in [1.82, 2.24) is 24.5 Å². The highest BCUT2D eigenvalue weighted by molar-refractivity contribution is 6.31. The van der Waals surface area contributed by atoms with Crippen LogP contribution in [0.4, 0.5) is 5.95 Å². The van der Waals surface area contributed by atoms with Crippen molar-refractivity contribution in [2.45, 2.75) is 19.5 Å². The van der Waals surface area contributed by atoms with Gasteiger partial charge < -0.3 is 5.11 Å². The van der Waals surface area contributed by atoms with Gasteiger partial charge in [-0.1, -0.05) is 29.8 Å². The molecule has 9 nitrogen and oxygen atoms in total. The number of carboxylic acid groups (broad SMARTS) is 1. The first kappa shape index (κ1) is 17.6. The van der Waals surface area contributed by atoms with Crippen LogP contribution in [0.3, 0.4) is 0 Å². The second kappa shape index (κ2) is 7.36. The number of anilines is 1. The van der Waals surface area contributed by atoms with E-state index in [0.717, 1.165) is 5.56 Å². The number of hydrogen-bond acceptors (Lipinski definition) is 5. The van der Waals surface area contributed by atoms with Gasteiger partial charge in [0.15, 0.2) is 5.69 Å². The van der Waals surface area contributed by atoms with Gasteiger partial charge in [-0.2, -0.15) is 5.10 Å². The van der Waals surface area contributed by atoms with E-state index in [4.69, 9.17) is 16.7 Å². The molecular weight excluding hydrogens is 360 g/mol. The van der Waals surface area contributed by atoms with Gasteiger partial charge in [0.2, 0.25) is 5.95 Å². The number of aromatic nitrogens is 5. The van der Waals surface area contributed by atoms with Gasteiger partial charge in [-0.05, 0) is 24.6 Å². The fourth-order valence-electron chi connectivity index (χ4n) is 2.23. The van der Waals surface area contributed by atoms with Gasteiger partial charge in [-0.25, -0.2) is 14.5 Å². The molecule has 0 aliphatic heterocycles. The van der Waals surface area contributed by atoms with E-state index >= 15 is 0 Å². The highest BCUT2D eigenvalue weighted by Gasteiger charge is 2.19. The Bertz CT molecular complexity index is 951. The maximum atomic E-state index is 12.3. The molecule has 1 atom stereocenters. The zero-order valence-corrected chi connectivity index (χ0v) is 14.5. The van der Waals surface area contributed by atoms with Gasteiger partial charge in [0, 0.05) is 11.2 Å². The number of nitrogens with one attached hydrogen (secondary N) is 1. The highest BCUT2D eigenvalue weighted by atomic mass is 35.5. The van der Waals surface area contributed by atoms with Gasteiger partial charge >= 0.3 is 5.97 Å². The molecule has 2 heterocycles. The molecule has 1 aromatic carbocycles. The Hall–Kier alpha value is -3.20. The summed E-state index contributed by atoms with van der Waals surface area (Å²) in [5, 5.41) is 20.1. The number of amides is 1. The predicted octanol–water partition coefficient (Wildman–Crippen LogP) is 2.07. The van der Waals surface area contributed by atoms with Crippen LogP contribution in [0.1, 0.15) is 29.0 Å². The Labute approximate surface area is 153 Å². The first-order valence-electron chi connectivity index (χ1n) is 7.66. The van der Waals surface area contributed by atoms with E-state index in [1.807, 2.05) is 18.2 Å². The zero-order chi connectivity index (χ0) is 18.7. The lowest BCUT2D eigenvalue weighted by Crippen LogP contribution is -2.25. The second-order valence-electron chi connectivity index (χ2n) is 5.51. The molecule has 1 unspecified atom stereocenters. The molecule has 3 aromatic rings. The summed E-state index contributed by atoms with van der Waals surface area (Å²) in [5.41, 5.74) is 0.745. The molecule has 0 fully saturated rings. The van der Waals surface area contributed by atoms with Gasteiger partial charge in [-0.3, -0.25) is 14.8 Å². The van der Waals surface area contributed by atoms with E-state index < -0.39 is 17.9 Å². The number of aromatic carboxylic acids is 1. The molecule has 2 aromatic heterocycles. The largest absolute Gasteiger partial charge is 0.476 e. The molecule has 26 heavy (non-hydrogen) atoms. The molecule has 0 saturated carbocycles. The summed E-state index contributed by atoms with van der Waals surface area (Å²) in [5.74, 6) is -1.43. The molecule has 0 aliphatic carbocycles. The molecule has 134 valence electrons. The van der Waals surface area contributed by atoms with E-state index in [9.17, 15) is 9.59 Å². The lowest BCUT2D eigenvalue weighted by atomic mass is 10.2. The Kier molecular flexibility index (Phi) is 4.99. The van der Waals surface area contributed by atoms with E-state index in [1.54, 1.807) is 17.7 Å². The second-order valence-corrected chi connectivity index (χ2v) is 5.92. The van der Waals surface area contributed by atoms with Crippen LogP contribution in [0, 0.1) is 0 Å². The minimum Gasteiger partial charge on any atom is -0.476 e. The standard InChI is InChI=1S/C16H15ClN6O3/c1-10(23-7-6-13(20-23)15(25)26)14(24)19-16-18-9-22(21-16)8-11-4-2-3-5-12(11)17/h2-7,9-10H,8H2,1H3,(H,25,26)(H,19,21,24). The third-order valence-electron chi connectivity index (χ3n) is 3.67. The lowest BCUT2D eigenvalue weighted by molar-refractivity contribution is -0.119. The highest BCUT2D eigenvalue weighted by Crippen LogP contribution is 2.16. The van der Waals surface area contributed by atoms with Crippen LogP contribution >= 0.6 is 11.6 Å². The van der Waals surface area contributed by atoms with Crippen LogP contribution in [0.2, 0.25) is 5.02 Å². The van der Waals surface area contributed by atoms with Gasteiger partial charge in [0.05, 0.1) is 6.54 Å². The van der Waals surface area contributed by atoms with E-state index in [1.165, 1.54) is 23.3 Å². The molecule has 0 saturated heterocycles. The Morgan fingerprint density at radius 3 is 2.73 bits per heavy atom. The molecular formula is C16H15ClN6O3. The van der Waals surface area contributed by atoms with Crippen molar-refractivity contribution in [2.24, 2.45) is 0 Å². The van der Waals surface area contributed by atoms with Crippen molar-refractivity contribution in [1.29, 1.82) is 0 Å². The molecule has 0 bridgehead atoms. The molecule has 2 N–H and O–H groups in total. The van der Waals surface area contributed by atoms with Crippen LogP contribution in [-0.2, 0) is 11.3 Å². The smallest absolute Gasteiger partial charge is 0.356 e. The maximum Gasteiger partial charge on any atom is 0.356 e. The average molecular weight is 375 g/mol. The van der Waals surface area contributed by atoms with Crippen LogP contribution < -0.4 is 5.32 Å². The topological polar surface area (TPSA) is 115 Å². The fraction of sp³-hybridized carbons (Fsp3) is 0.188. The SMILES string of the molecule is CC(C(=O)Nc1ncn(Cc2ccccc2Cl)n1)n1ccc(C(=O)O)n1. The van der Waals surface area contributed by atoms with E-state index in [0.29, 0.717) is 11.6 Å². The first-order chi connectivity index (χ1) is 12.4. The molecule has 3 rings (SSSR count). The predicted molar refractivity (Wildman–Crippen MR) is 93.1 cm³/mol. The van der Waals surface area contributed by atoms with Crippen LogP contribution in [0.25, 0.3) is 0 Å². The van der Waals surface area contributed by atoms with Gasteiger partial charge in [0.1, 0.15) is 12.4 Å². The summed E-state index contributed by atoms with van der Waals surface area (Å²) in [6.07, 6.45) is 2.91. The van der Waals surface area contributed by atoms with E-state index in [2.05, 4.69) is 20.5 Å². The van der Waals surface area contributed by atoms with Crippen LogP contribution in [0.15, 0.2) is 42.9 Å². The molecule has 0 spiro atoms. The molecule has 0 radical (unpaired) electrons. The third kappa shape index (κ3) is 3.89. The number of nitrogens with zero attached hydrogens (tertiary/aromatic N) is 5. The lowest BCUT2D eigenvalue weighted by Gasteiger charge is -2.10. The van der Waals surface area contributed by atoms with Crippen molar-refractivity contribution in [2.75, 3.05) is 5.32 Å². The summed E-state index contributed by atoms with van der Waals surface area (Å²) < 4.78 is 2.82. The molecule has 10 heteroatoms. The monoisotopic (exact) mass is 374 g/mol. The average Bonchev–Trinajstić information content (AvgIpc) is 3.26. The quantitative estimate of drug-likeness (QED) is 0.682. The number of benzene rings is 1. The number of carboxylic acids is 1. The van der Waals surface area contributed by atoms with Crippen molar-refractivity contribution in [3.8, 4) is 0 Å². The summed E-state index contributed by atoms with van der Waals surface area (Å²) in [6.45, 7) is 2.01. The van der Waals surface area contributed by atoms with Gasteiger partial charge in [-0.15, -0.1) is 5.10 Å². The Morgan fingerprint density at radius 2 is 2.04 bits per heavy atom. The normalized spacial score (nSPS) is 11.9.